The van der Waals surface area contributed by atoms with E-state index in [4.69, 9.17) is 0 Å². The van der Waals surface area contributed by atoms with Crippen molar-refractivity contribution in [3.63, 3.8) is 0 Å². The smallest absolute Gasteiger partial charge is 0.140 e. The van der Waals surface area contributed by atoms with E-state index < -0.39 is 0 Å². The highest BCUT2D eigenvalue weighted by molar-refractivity contribution is 5.89. The molecule has 1 nitrogen and oxygen atoms in total. The molecule has 8 heavy (non-hydrogen) atoms. The maximum absolute atomic E-state index is 10.7. The van der Waals surface area contributed by atoms with Crippen LogP contribution in [0, 0.1) is 11.8 Å². The van der Waals surface area contributed by atoms with Gasteiger partial charge in [0.25, 0.3) is 0 Å². The SMILES string of the molecule is O=C1C[C@H]2CC=C[C@@H]12. The maximum atomic E-state index is 10.7. The van der Waals surface area contributed by atoms with Crippen molar-refractivity contribution in [3.05, 3.63) is 12.2 Å². The van der Waals surface area contributed by atoms with Gasteiger partial charge in [0.15, 0.2) is 0 Å². The van der Waals surface area contributed by atoms with Gasteiger partial charge < -0.3 is 0 Å². The molecule has 0 aromatic heterocycles. The van der Waals surface area contributed by atoms with E-state index in [1.54, 1.807) is 0 Å². The van der Waals surface area contributed by atoms with Gasteiger partial charge in [-0.05, 0) is 12.3 Å². The number of hydrogen-bond donors (Lipinski definition) is 0. The van der Waals surface area contributed by atoms with Crippen LogP contribution in [0.5, 0.6) is 0 Å². The van der Waals surface area contributed by atoms with Gasteiger partial charge in [-0.3, -0.25) is 4.79 Å². The number of allylic oxidation sites excluding steroid dienone is 2. The Balaban J connectivity index is 2.21. The Morgan fingerprint density at radius 3 is 3.00 bits per heavy atom. The van der Waals surface area contributed by atoms with Gasteiger partial charge in [0, 0.05) is 12.3 Å². The Morgan fingerprint density at radius 2 is 2.50 bits per heavy atom. The third kappa shape index (κ3) is 0.347. The zero-order valence-electron chi connectivity index (χ0n) is 4.63. The molecule has 2 atom stereocenters. The lowest BCUT2D eigenvalue weighted by atomic mass is 9.75. The summed E-state index contributed by atoms with van der Waals surface area (Å²) in [6.07, 6.45) is 6.17. The number of rotatable bonds is 0. The largest absolute Gasteiger partial charge is 0.299 e. The number of carbonyl (C=O) groups is 1. The van der Waals surface area contributed by atoms with Crippen LogP contribution in [0.1, 0.15) is 12.8 Å². The van der Waals surface area contributed by atoms with Crippen molar-refractivity contribution in [2.45, 2.75) is 12.8 Å². The molecule has 0 N–H and O–H groups in total. The molecule has 0 bridgehead atoms. The molecule has 1 saturated carbocycles. The second-order valence-corrected chi connectivity index (χ2v) is 2.62. The summed E-state index contributed by atoms with van der Waals surface area (Å²) in [7, 11) is 0. The monoisotopic (exact) mass is 108 g/mol. The molecule has 0 spiro atoms. The van der Waals surface area contributed by atoms with Crippen LogP contribution in [0.25, 0.3) is 0 Å². The topological polar surface area (TPSA) is 17.1 Å². The summed E-state index contributed by atoms with van der Waals surface area (Å²) in [6.45, 7) is 0. The van der Waals surface area contributed by atoms with E-state index in [0.29, 0.717) is 17.6 Å². The Kier molecular flexibility index (Phi) is 0.655. The third-order valence-corrected chi connectivity index (χ3v) is 2.13. The molecule has 0 amide bonds. The summed E-state index contributed by atoms with van der Waals surface area (Å²) >= 11 is 0. The van der Waals surface area contributed by atoms with Crippen LogP contribution in [0.2, 0.25) is 0 Å². The molecule has 0 unspecified atom stereocenters. The normalized spacial score (nSPS) is 41.8. The maximum Gasteiger partial charge on any atom is 0.140 e. The molecule has 0 aromatic carbocycles. The predicted octanol–water partition coefficient (Wildman–Crippen LogP) is 1.15. The molecule has 0 aromatic rings. The van der Waals surface area contributed by atoms with Crippen molar-refractivity contribution in [1.82, 2.24) is 0 Å². The van der Waals surface area contributed by atoms with Crippen LogP contribution >= 0.6 is 0 Å². The summed E-state index contributed by atoms with van der Waals surface area (Å²) < 4.78 is 0. The van der Waals surface area contributed by atoms with Gasteiger partial charge in [0.1, 0.15) is 5.78 Å². The Morgan fingerprint density at radius 1 is 1.62 bits per heavy atom. The number of hydrogen-bond acceptors (Lipinski definition) is 1. The van der Waals surface area contributed by atoms with Gasteiger partial charge in [-0.25, -0.2) is 0 Å². The van der Waals surface area contributed by atoms with Crippen LogP contribution in [-0.2, 0) is 4.79 Å². The summed E-state index contributed by atoms with van der Waals surface area (Å²) in [5, 5.41) is 0. The van der Waals surface area contributed by atoms with Crippen molar-refractivity contribution < 1.29 is 4.79 Å². The molecule has 0 heterocycles. The first kappa shape index (κ1) is 4.30. The lowest BCUT2D eigenvalue weighted by Crippen LogP contribution is -2.32. The lowest BCUT2D eigenvalue weighted by molar-refractivity contribution is -0.130. The van der Waals surface area contributed by atoms with Gasteiger partial charge in [0.05, 0.1) is 0 Å². The number of ketones is 1. The van der Waals surface area contributed by atoms with Crippen molar-refractivity contribution in [2.75, 3.05) is 0 Å². The highest BCUT2D eigenvalue weighted by Gasteiger charge is 2.39. The van der Waals surface area contributed by atoms with E-state index >= 15 is 0 Å². The van der Waals surface area contributed by atoms with Crippen LogP contribution in [-0.4, -0.2) is 5.78 Å². The van der Waals surface area contributed by atoms with E-state index in [0.717, 1.165) is 12.8 Å². The molecular formula is C7H8O. The van der Waals surface area contributed by atoms with Crippen LogP contribution < -0.4 is 0 Å². The van der Waals surface area contributed by atoms with E-state index in [-0.39, 0.29) is 0 Å². The summed E-state index contributed by atoms with van der Waals surface area (Å²) in [4.78, 5) is 10.7. The fraction of sp³-hybridized carbons (Fsp3) is 0.571. The lowest BCUT2D eigenvalue weighted by Gasteiger charge is -2.27. The first-order valence-corrected chi connectivity index (χ1v) is 3.07. The minimum atomic E-state index is 0.343. The summed E-state index contributed by atoms with van der Waals surface area (Å²) in [6, 6.07) is 0. The van der Waals surface area contributed by atoms with Gasteiger partial charge in [0.2, 0.25) is 0 Å². The predicted molar refractivity (Wildman–Crippen MR) is 30.4 cm³/mol. The van der Waals surface area contributed by atoms with Crippen molar-refractivity contribution in [1.29, 1.82) is 0 Å². The minimum absolute atomic E-state index is 0.343. The van der Waals surface area contributed by atoms with E-state index in [1.165, 1.54) is 0 Å². The molecule has 0 aliphatic heterocycles. The molecule has 1 fully saturated rings. The molecule has 2 aliphatic rings. The van der Waals surface area contributed by atoms with Crippen molar-refractivity contribution in [2.24, 2.45) is 11.8 Å². The van der Waals surface area contributed by atoms with Crippen LogP contribution in [0.3, 0.4) is 0 Å². The van der Waals surface area contributed by atoms with Crippen molar-refractivity contribution in [3.8, 4) is 0 Å². The van der Waals surface area contributed by atoms with Gasteiger partial charge >= 0.3 is 0 Å². The number of fused-ring (bicyclic) bond motifs is 1. The van der Waals surface area contributed by atoms with Gasteiger partial charge in [-0.1, -0.05) is 12.2 Å². The fourth-order valence-corrected chi connectivity index (χ4v) is 1.52. The molecule has 2 rings (SSSR count). The molecule has 0 saturated heterocycles. The van der Waals surface area contributed by atoms with Crippen molar-refractivity contribution >= 4 is 5.78 Å². The first-order chi connectivity index (χ1) is 3.88. The second kappa shape index (κ2) is 1.22. The molecule has 0 radical (unpaired) electrons. The number of Topliss-reactive ketones (excluding diaryl/α,β-unsaturated/α-hetero) is 1. The second-order valence-electron chi connectivity index (χ2n) is 2.62. The molecule has 1 heteroatoms. The third-order valence-electron chi connectivity index (χ3n) is 2.13. The first-order valence-electron chi connectivity index (χ1n) is 3.07. The quantitative estimate of drug-likeness (QED) is 0.425. The number of carbonyl (C=O) groups excluding carboxylic acids is 1. The standard InChI is InChI=1S/C7H8O/c8-7-4-5-2-1-3-6(5)7/h1,3,5-6H,2,4H2/t5-,6-/m1/s1. The average molecular weight is 108 g/mol. The summed E-state index contributed by atoms with van der Waals surface area (Å²) in [5.74, 6) is 1.50. The zero-order chi connectivity index (χ0) is 5.56. The zero-order valence-corrected chi connectivity index (χ0v) is 4.63. The van der Waals surface area contributed by atoms with E-state index in [2.05, 4.69) is 12.2 Å². The highest BCUT2D eigenvalue weighted by atomic mass is 16.1. The van der Waals surface area contributed by atoms with Gasteiger partial charge in [-0.15, -0.1) is 0 Å². The molecular weight excluding hydrogens is 100 g/mol. The molecule has 42 valence electrons. The Labute approximate surface area is 48.4 Å². The van der Waals surface area contributed by atoms with E-state index in [9.17, 15) is 4.79 Å². The van der Waals surface area contributed by atoms with Gasteiger partial charge in [-0.2, -0.15) is 0 Å². The average Bonchev–Trinajstić information content (AvgIpc) is 2.09. The molecule has 2 aliphatic carbocycles. The summed E-state index contributed by atoms with van der Waals surface area (Å²) in [5.41, 5.74) is 0. The minimum Gasteiger partial charge on any atom is -0.299 e. The van der Waals surface area contributed by atoms with Crippen LogP contribution in [0.15, 0.2) is 12.2 Å². The fourth-order valence-electron chi connectivity index (χ4n) is 1.52. The Hall–Kier alpha value is -0.590. The van der Waals surface area contributed by atoms with E-state index in [1.807, 2.05) is 0 Å². The highest BCUT2D eigenvalue weighted by Crippen LogP contribution is 2.38. The van der Waals surface area contributed by atoms with Crippen LogP contribution in [0.4, 0.5) is 0 Å². The Bertz CT molecular complexity index is 158.